The van der Waals surface area contributed by atoms with E-state index in [-0.39, 0.29) is 5.78 Å². The molecule has 0 aliphatic rings. The molecule has 2 aromatic carbocycles. The SMILES string of the molecule is CC(=O)c1cccc(/C=C/C=N/Nc2nc(-c3ccc(C(F)(F)F)cc3)cs2)c1. The highest BCUT2D eigenvalue weighted by molar-refractivity contribution is 7.14. The molecular weight excluding hydrogens is 399 g/mol. The number of nitrogens with zero attached hydrogens (tertiary/aromatic N) is 2. The van der Waals surface area contributed by atoms with Gasteiger partial charge >= 0.3 is 6.18 Å². The summed E-state index contributed by atoms with van der Waals surface area (Å²) < 4.78 is 37.9. The van der Waals surface area contributed by atoms with E-state index in [0.29, 0.717) is 22.0 Å². The molecule has 0 fully saturated rings. The largest absolute Gasteiger partial charge is 0.416 e. The quantitative estimate of drug-likeness (QED) is 0.299. The van der Waals surface area contributed by atoms with Gasteiger partial charge in [-0.3, -0.25) is 10.2 Å². The topological polar surface area (TPSA) is 54.4 Å². The summed E-state index contributed by atoms with van der Waals surface area (Å²) in [5.74, 6) is 0.00297. The normalized spacial score (nSPS) is 12.0. The number of hydrogen-bond acceptors (Lipinski definition) is 5. The molecule has 0 unspecified atom stereocenters. The van der Waals surface area contributed by atoms with Gasteiger partial charge in [-0.2, -0.15) is 18.3 Å². The number of aromatic nitrogens is 1. The molecular formula is C21H16F3N3OS. The fraction of sp³-hybridized carbons (Fsp3) is 0.0952. The van der Waals surface area contributed by atoms with Crippen LogP contribution in [0.25, 0.3) is 17.3 Å². The number of ketones is 1. The third kappa shape index (κ3) is 5.61. The number of halogens is 3. The standard InChI is InChI=1S/C21H16F3N3OS/c1-14(28)17-6-2-4-15(12-17)5-3-11-25-27-20-26-19(13-29-20)16-7-9-18(10-8-16)21(22,23)24/h2-13H,1H3,(H,26,27)/b5-3+,25-11+. The van der Waals surface area contributed by atoms with Crippen LogP contribution in [0, 0.1) is 0 Å². The molecule has 0 atom stereocenters. The first-order valence-corrected chi connectivity index (χ1v) is 9.41. The fourth-order valence-electron chi connectivity index (χ4n) is 2.44. The Balaban J connectivity index is 1.59. The molecule has 3 aromatic rings. The van der Waals surface area contributed by atoms with Crippen molar-refractivity contribution < 1.29 is 18.0 Å². The number of nitrogens with one attached hydrogen (secondary N) is 1. The van der Waals surface area contributed by atoms with Crippen molar-refractivity contribution in [2.24, 2.45) is 5.10 Å². The third-order valence-electron chi connectivity index (χ3n) is 3.91. The molecule has 8 heteroatoms. The molecule has 0 spiro atoms. The van der Waals surface area contributed by atoms with Gasteiger partial charge in [0.25, 0.3) is 0 Å². The van der Waals surface area contributed by atoms with Crippen LogP contribution in [0.4, 0.5) is 18.3 Å². The Kier molecular flexibility index (Phi) is 6.23. The summed E-state index contributed by atoms with van der Waals surface area (Å²) in [6.45, 7) is 1.52. The van der Waals surface area contributed by atoms with Crippen molar-refractivity contribution in [2.45, 2.75) is 13.1 Å². The minimum atomic E-state index is -4.36. The molecule has 0 saturated carbocycles. The average Bonchev–Trinajstić information content (AvgIpc) is 3.16. The lowest BCUT2D eigenvalue weighted by Gasteiger charge is -2.06. The predicted octanol–water partition coefficient (Wildman–Crippen LogP) is 6.14. The Morgan fingerprint density at radius 3 is 2.62 bits per heavy atom. The zero-order valence-corrected chi connectivity index (χ0v) is 16.1. The Bertz CT molecular complexity index is 1050. The molecule has 0 aliphatic heterocycles. The molecule has 0 amide bonds. The summed E-state index contributed by atoms with van der Waals surface area (Å²) in [4.78, 5) is 15.7. The van der Waals surface area contributed by atoms with Crippen LogP contribution in [0.5, 0.6) is 0 Å². The molecule has 148 valence electrons. The van der Waals surface area contributed by atoms with Crippen molar-refractivity contribution in [1.82, 2.24) is 4.98 Å². The average molecular weight is 415 g/mol. The number of anilines is 1. The Hall–Kier alpha value is -3.26. The highest BCUT2D eigenvalue weighted by atomic mass is 32.1. The number of benzene rings is 2. The minimum Gasteiger partial charge on any atom is -0.295 e. The zero-order valence-electron chi connectivity index (χ0n) is 15.3. The Morgan fingerprint density at radius 1 is 1.17 bits per heavy atom. The van der Waals surface area contributed by atoms with E-state index in [1.807, 2.05) is 18.2 Å². The Morgan fingerprint density at radius 2 is 1.93 bits per heavy atom. The summed E-state index contributed by atoms with van der Waals surface area (Å²) in [7, 11) is 0. The van der Waals surface area contributed by atoms with E-state index in [1.165, 1.54) is 30.4 Å². The van der Waals surface area contributed by atoms with Crippen LogP contribution in [0.1, 0.15) is 28.4 Å². The summed E-state index contributed by atoms with van der Waals surface area (Å²) in [5, 5.41) is 6.29. The van der Waals surface area contributed by atoms with Gasteiger partial charge in [-0.15, -0.1) is 11.3 Å². The van der Waals surface area contributed by atoms with E-state index in [1.54, 1.807) is 29.8 Å². The highest BCUT2D eigenvalue weighted by Gasteiger charge is 2.30. The first-order chi connectivity index (χ1) is 13.8. The van der Waals surface area contributed by atoms with E-state index in [0.717, 1.165) is 17.7 Å². The fourth-order valence-corrected chi connectivity index (χ4v) is 3.11. The lowest BCUT2D eigenvalue weighted by molar-refractivity contribution is -0.137. The van der Waals surface area contributed by atoms with Gasteiger partial charge < -0.3 is 0 Å². The molecule has 1 heterocycles. The van der Waals surface area contributed by atoms with Crippen LogP contribution in [0.15, 0.2) is 65.1 Å². The van der Waals surface area contributed by atoms with E-state index in [2.05, 4.69) is 15.5 Å². The number of hydrogen-bond donors (Lipinski definition) is 1. The first kappa shape index (κ1) is 20.5. The second kappa shape index (κ2) is 8.83. The molecule has 1 N–H and O–H groups in total. The number of carbonyl (C=O) groups is 1. The zero-order chi connectivity index (χ0) is 20.9. The molecule has 4 nitrogen and oxygen atoms in total. The van der Waals surface area contributed by atoms with Crippen molar-refractivity contribution in [2.75, 3.05) is 5.43 Å². The number of rotatable bonds is 6. The minimum absolute atomic E-state index is 0.00297. The number of thiazole rings is 1. The van der Waals surface area contributed by atoms with E-state index < -0.39 is 11.7 Å². The molecule has 0 bridgehead atoms. The maximum Gasteiger partial charge on any atom is 0.416 e. The predicted molar refractivity (Wildman–Crippen MR) is 110 cm³/mol. The number of hydrazone groups is 1. The summed E-state index contributed by atoms with van der Waals surface area (Å²) in [6.07, 6.45) is 0.715. The van der Waals surface area contributed by atoms with Gasteiger partial charge in [-0.25, -0.2) is 4.98 Å². The summed E-state index contributed by atoms with van der Waals surface area (Å²) >= 11 is 1.29. The summed E-state index contributed by atoms with van der Waals surface area (Å²) in [6, 6.07) is 12.1. The second-order valence-electron chi connectivity index (χ2n) is 6.04. The van der Waals surface area contributed by atoms with Crippen LogP contribution in [-0.4, -0.2) is 17.0 Å². The first-order valence-electron chi connectivity index (χ1n) is 8.53. The lowest BCUT2D eigenvalue weighted by Crippen LogP contribution is -2.03. The highest BCUT2D eigenvalue weighted by Crippen LogP contribution is 2.31. The van der Waals surface area contributed by atoms with Gasteiger partial charge in [-0.05, 0) is 36.8 Å². The van der Waals surface area contributed by atoms with Crippen molar-refractivity contribution in [3.63, 3.8) is 0 Å². The number of carbonyl (C=O) groups excluding carboxylic acids is 1. The summed E-state index contributed by atoms with van der Waals surface area (Å²) in [5.41, 5.74) is 4.76. The molecule has 0 aliphatic carbocycles. The number of allylic oxidation sites excluding steroid dienone is 1. The molecule has 29 heavy (non-hydrogen) atoms. The van der Waals surface area contributed by atoms with Crippen LogP contribution in [0.2, 0.25) is 0 Å². The van der Waals surface area contributed by atoms with Crippen molar-refractivity contribution >= 4 is 34.5 Å². The Labute approximate surface area is 169 Å². The van der Waals surface area contributed by atoms with Gasteiger partial charge in [-0.1, -0.05) is 36.4 Å². The third-order valence-corrected chi connectivity index (χ3v) is 4.66. The lowest BCUT2D eigenvalue weighted by atomic mass is 10.1. The molecule has 0 radical (unpaired) electrons. The van der Waals surface area contributed by atoms with Crippen molar-refractivity contribution in [3.05, 3.63) is 76.7 Å². The van der Waals surface area contributed by atoms with Gasteiger partial charge in [0, 0.05) is 22.7 Å². The maximum atomic E-state index is 12.6. The molecule has 0 saturated heterocycles. The van der Waals surface area contributed by atoms with Crippen LogP contribution in [0.3, 0.4) is 0 Å². The number of Topliss-reactive ketones (excluding diaryl/α,β-unsaturated/α-hetero) is 1. The second-order valence-corrected chi connectivity index (χ2v) is 6.90. The van der Waals surface area contributed by atoms with Crippen molar-refractivity contribution in [3.8, 4) is 11.3 Å². The van der Waals surface area contributed by atoms with Crippen LogP contribution in [-0.2, 0) is 6.18 Å². The van der Waals surface area contributed by atoms with Gasteiger partial charge in [0.1, 0.15) is 0 Å². The van der Waals surface area contributed by atoms with Gasteiger partial charge in [0.2, 0.25) is 5.13 Å². The van der Waals surface area contributed by atoms with Crippen LogP contribution < -0.4 is 5.43 Å². The number of alkyl halides is 3. The van der Waals surface area contributed by atoms with Crippen LogP contribution >= 0.6 is 11.3 Å². The van der Waals surface area contributed by atoms with E-state index in [9.17, 15) is 18.0 Å². The van der Waals surface area contributed by atoms with Crippen molar-refractivity contribution in [1.29, 1.82) is 0 Å². The monoisotopic (exact) mass is 415 g/mol. The molecule has 1 aromatic heterocycles. The molecule has 3 rings (SSSR count). The van der Waals surface area contributed by atoms with E-state index in [4.69, 9.17) is 0 Å². The smallest absolute Gasteiger partial charge is 0.295 e. The van der Waals surface area contributed by atoms with E-state index >= 15 is 0 Å². The van der Waals surface area contributed by atoms with Gasteiger partial charge in [0.05, 0.1) is 11.3 Å². The maximum absolute atomic E-state index is 12.6. The van der Waals surface area contributed by atoms with Gasteiger partial charge in [0.15, 0.2) is 5.78 Å².